The molecule has 0 radical (unpaired) electrons. The first-order chi connectivity index (χ1) is 11.4. The summed E-state index contributed by atoms with van der Waals surface area (Å²) in [6, 6.07) is 7.05. The highest BCUT2D eigenvalue weighted by molar-refractivity contribution is 5.13. The lowest BCUT2D eigenvalue weighted by atomic mass is 9.87. The number of rotatable bonds is 6. The minimum absolute atomic E-state index is 0.619. The van der Waals surface area contributed by atoms with Gasteiger partial charge >= 0.3 is 0 Å². The Hall–Kier alpha value is -1.68. The minimum atomic E-state index is 0.619. The van der Waals surface area contributed by atoms with Crippen LogP contribution in [0, 0.1) is 0 Å². The molecule has 0 spiro atoms. The molecule has 0 unspecified atom stereocenters. The van der Waals surface area contributed by atoms with E-state index in [0.29, 0.717) is 12.0 Å². The third-order valence-electron chi connectivity index (χ3n) is 5.13. The SMILES string of the molecule is c1cncc(CN(Cc2cc(C3CCCCC3)no2)C2CC2)c1. The molecule has 2 aromatic heterocycles. The molecule has 23 heavy (non-hydrogen) atoms. The third kappa shape index (κ3) is 3.81. The van der Waals surface area contributed by atoms with Gasteiger partial charge in [-0.25, -0.2) is 0 Å². The molecule has 2 heterocycles. The zero-order chi connectivity index (χ0) is 15.5. The molecule has 0 bridgehead atoms. The van der Waals surface area contributed by atoms with E-state index in [9.17, 15) is 0 Å². The van der Waals surface area contributed by atoms with Crippen LogP contribution in [0.25, 0.3) is 0 Å². The smallest absolute Gasteiger partial charge is 0.151 e. The molecule has 0 aromatic carbocycles. The Labute approximate surface area is 137 Å². The van der Waals surface area contributed by atoms with Gasteiger partial charge in [0.1, 0.15) is 0 Å². The molecule has 2 aliphatic rings. The summed E-state index contributed by atoms with van der Waals surface area (Å²) in [5.74, 6) is 1.63. The molecule has 0 saturated heterocycles. The average molecular weight is 311 g/mol. The van der Waals surface area contributed by atoms with E-state index in [-0.39, 0.29) is 0 Å². The summed E-state index contributed by atoms with van der Waals surface area (Å²) in [6.45, 7) is 1.80. The van der Waals surface area contributed by atoms with E-state index in [2.05, 4.69) is 27.2 Å². The zero-order valence-electron chi connectivity index (χ0n) is 13.7. The summed E-state index contributed by atoms with van der Waals surface area (Å²) in [5, 5.41) is 4.37. The van der Waals surface area contributed by atoms with Gasteiger partial charge in [-0.2, -0.15) is 0 Å². The van der Waals surface area contributed by atoms with Crippen molar-refractivity contribution in [3.05, 3.63) is 47.6 Å². The van der Waals surface area contributed by atoms with Crippen LogP contribution in [0.1, 0.15) is 67.9 Å². The van der Waals surface area contributed by atoms with Crippen LogP contribution < -0.4 is 0 Å². The maximum atomic E-state index is 5.66. The Balaban J connectivity index is 1.42. The predicted molar refractivity (Wildman–Crippen MR) is 88.8 cm³/mol. The van der Waals surface area contributed by atoms with E-state index < -0.39 is 0 Å². The lowest BCUT2D eigenvalue weighted by Gasteiger charge is -2.20. The first-order valence-electron chi connectivity index (χ1n) is 8.97. The summed E-state index contributed by atoms with van der Waals surface area (Å²) >= 11 is 0. The fourth-order valence-corrected chi connectivity index (χ4v) is 3.67. The minimum Gasteiger partial charge on any atom is -0.360 e. The Morgan fingerprint density at radius 3 is 2.70 bits per heavy atom. The van der Waals surface area contributed by atoms with Gasteiger partial charge in [-0.3, -0.25) is 9.88 Å². The molecule has 0 N–H and O–H groups in total. The van der Waals surface area contributed by atoms with Crippen LogP contribution in [0.2, 0.25) is 0 Å². The maximum Gasteiger partial charge on any atom is 0.151 e. The van der Waals surface area contributed by atoms with Crippen molar-refractivity contribution in [2.24, 2.45) is 0 Å². The van der Waals surface area contributed by atoms with Crippen LogP contribution in [-0.4, -0.2) is 21.1 Å². The summed E-state index contributed by atoms with van der Waals surface area (Å²) in [5.41, 5.74) is 2.45. The second-order valence-corrected chi connectivity index (χ2v) is 7.05. The molecule has 4 nitrogen and oxygen atoms in total. The number of hydrogen-bond acceptors (Lipinski definition) is 4. The fourth-order valence-electron chi connectivity index (χ4n) is 3.67. The monoisotopic (exact) mass is 311 g/mol. The van der Waals surface area contributed by atoms with E-state index in [4.69, 9.17) is 4.52 Å². The number of nitrogens with zero attached hydrogens (tertiary/aromatic N) is 3. The largest absolute Gasteiger partial charge is 0.360 e. The molecule has 2 saturated carbocycles. The summed E-state index contributed by atoms with van der Waals surface area (Å²) in [7, 11) is 0. The van der Waals surface area contributed by atoms with E-state index in [1.807, 2.05) is 18.5 Å². The van der Waals surface area contributed by atoms with Crippen LogP contribution in [0.4, 0.5) is 0 Å². The molecule has 0 atom stereocenters. The van der Waals surface area contributed by atoms with Gasteiger partial charge in [0, 0.05) is 37.0 Å². The lowest BCUT2D eigenvalue weighted by molar-refractivity contribution is 0.213. The van der Waals surface area contributed by atoms with Crippen LogP contribution >= 0.6 is 0 Å². The molecule has 0 aliphatic heterocycles. The molecular weight excluding hydrogens is 286 g/mol. The first kappa shape index (κ1) is 14.9. The molecule has 2 aliphatic carbocycles. The Kier molecular flexibility index (Phi) is 4.42. The molecule has 2 aromatic rings. The predicted octanol–water partition coefficient (Wildman–Crippen LogP) is 4.28. The van der Waals surface area contributed by atoms with E-state index >= 15 is 0 Å². The molecule has 122 valence electrons. The normalized spacial score (nSPS) is 19.3. The summed E-state index contributed by atoms with van der Waals surface area (Å²) in [6.07, 6.45) is 13.0. The quantitative estimate of drug-likeness (QED) is 0.798. The molecule has 4 rings (SSSR count). The number of aromatic nitrogens is 2. The molecule has 0 amide bonds. The highest BCUT2D eigenvalue weighted by Gasteiger charge is 2.30. The Morgan fingerprint density at radius 2 is 1.96 bits per heavy atom. The van der Waals surface area contributed by atoms with Gasteiger partial charge in [0.2, 0.25) is 0 Å². The maximum absolute atomic E-state index is 5.66. The lowest BCUT2D eigenvalue weighted by Crippen LogP contribution is -2.24. The third-order valence-corrected chi connectivity index (χ3v) is 5.13. The zero-order valence-corrected chi connectivity index (χ0v) is 13.7. The standard InChI is InChI=1S/C19H25N3O/c1-2-6-16(7-3-1)19-11-18(23-21-19)14-22(17-8-9-17)13-15-5-4-10-20-12-15/h4-5,10-12,16-17H,1-3,6-9,13-14H2. The highest BCUT2D eigenvalue weighted by Crippen LogP contribution is 2.33. The van der Waals surface area contributed by atoms with E-state index in [0.717, 1.165) is 18.8 Å². The first-order valence-corrected chi connectivity index (χ1v) is 8.97. The Bertz CT molecular complexity index is 615. The van der Waals surface area contributed by atoms with Crippen molar-refractivity contribution in [2.75, 3.05) is 0 Å². The average Bonchev–Trinajstić information content (AvgIpc) is 3.35. The summed E-state index contributed by atoms with van der Waals surface area (Å²) < 4.78 is 5.66. The Morgan fingerprint density at radius 1 is 1.09 bits per heavy atom. The van der Waals surface area contributed by atoms with Crippen LogP contribution in [0.5, 0.6) is 0 Å². The van der Waals surface area contributed by atoms with Gasteiger partial charge in [-0.05, 0) is 37.3 Å². The second kappa shape index (κ2) is 6.83. The summed E-state index contributed by atoms with van der Waals surface area (Å²) in [4.78, 5) is 6.73. The van der Waals surface area contributed by atoms with Gasteiger partial charge < -0.3 is 4.52 Å². The van der Waals surface area contributed by atoms with Crippen molar-refractivity contribution in [2.45, 2.75) is 70.0 Å². The van der Waals surface area contributed by atoms with Gasteiger partial charge in [0.25, 0.3) is 0 Å². The van der Waals surface area contributed by atoms with Crippen molar-refractivity contribution in [3.8, 4) is 0 Å². The van der Waals surface area contributed by atoms with Crippen molar-refractivity contribution in [1.29, 1.82) is 0 Å². The van der Waals surface area contributed by atoms with Gasteiger partial charge in [0.05, 0.1) is 12.2 Å². The van der Waals surface area contributed by atoms with Crippen molar-refractivity contribution in [3.63, 3.8) is 0 Å². The van der Waals surface area contributed by atoms with E-state index in [1.165, 1.54) is 56.2 Å². The van der Waals surface area contributed by atoms with E-state index in [1.54, 1.807) is 0 Å². The van der Waals surface area contributed by atoms with Crippen molar-refractivity contribution >= 4 is 0 Å². The highest BCUT2D eigenvalue weighted by atomic mass is 16.5. The molecule has 4 heteroatoms. The molecular formula is C19H25N3O. The topological polar surface area (TPSA) is 42.2 Å². The van der Waals surface area contributed by atoms with Gasteiger partial charge in [-0.1, -0.05) is 30.5 Å². The van der Waals surface area contributed by atoms with Crippen molar-refractivity contribution < 1.29 is 4.52 Å². The second-order valence-electron chi connectivity index (χ2n) is 7.05. The van der Waals surface area contributed by atoms with Crippen molar-refractivity contribution in [1.82, 2.24) is 15.0 Å². The van der Waals surface area contributed by atoms with Crippen LogP contribution in [0.3, 0.4) is 0 Å². The van der Waals surface area contributed by atoms with Crippen LogP contribution in [-0.2, 0) is 13.1 Å². The van der Waals surface area contributed by atoms with Crippen LogP contribution in [0.15, 0.2) is 35.1 Å². The molecule has 2 fully saturated rings. The number of pyridine rings is 1. The number of hydrogen-bond donors (Lipinski definition) is 0. The fraction of sp³-hybridized carbons (Fsp3) is 0.579. The van der Waals surface area contributed by atoms with Gasteiger partial charge in [-0.15, -0.1) is 0 Å². The van der Waals surface area contributed by atoms with Gasteiger partial charge in [0.15, 0.2) is 5.76 Å².